The van der Waals surface area contributed by atoms with Crippen molar-refractivity contribution in [3.63, 3.8) is 0 Å². The Labute approximate surface area is 154 Å². The van der Waals surface area contributed by atoms with E-state index in [0.717, 1.165) is 63.3 Å². The van der Waals surface area contributed by atoms with Crippen molar-refractivity contribution in [3.8, 4) is 0 Å². The number of rotatable bonds is 5. The third-order valence-corrected chi connectivity index (χ3v) is 5.31. The van der Waals surface area contributed by atoms with E-state index in [-0.39, 0.29) is 12.0 Å². The van der Waals surface area contributed by atoms with Gasteiger partial charge in [-0.15, -0.1) is 0 Å². The van der Waals surface area contributed by atoms with E-state index in [4.69, 9.17) is 9.47 Å². The molecule has 0 aliphatic carbocycles. The van der Waals surface area contributed by atoms with Crippen molar-refractivity contribution >= 4 is 16.8 Å². The Morgan fingerprint density at radius 3 is 2.96 bits per heavy atom. The molecule has 1 atom stereocenters. The van der Waals surface area contributed by atoms with Crippen LogP contribution in [0.1, 0.15) is 22.5 Å². The lowest BCUT2D eigenvalue weighted by atomic mass is 10.2. The van der Waals surface area contributed by atoms with Crippen LogP contribution in [0.2, 0.25) is 0 Å². The first kappa shape index (κ1) is 17.5. The Morgan fingerprint density at radius 1 is 1.27 bits per heavy atom. The molecule has 1 aromatic heterocycles. The zero-order valence-corrected chi connectivity index (χ0v) is 15.4. The fraction of sp³-hybridized carbons (Fsp3) is 0.550. The molecule has 1 unspecified atom stereocenters. The Bertz CT molecular complexity index is 767. The van der Waals surface area contributed by atoms with Crippen LogP contribution < -0.4 is 0 Å². The highest BCUT2D eigenvalue weighted by molar-refractivity contribution is 5.98. The van der Waals surface area contributed by atoms with Gasteiger partial charge in [0.05, 0.1) is 25.9 Å². The first-order chi connectivity index (χ1) is 12.7. The monoisotopic (exact) mass is 357 g/mol. The lowest BCUT2D eigenvalue weighted by Crippen LogP contribution is -2.39. The van der Waals surface area contributed by atoms with Gasteiger partial charge in [0.15, 0.2) is 0 Å². The van der Waals surface area contributed by atoms with Gasteiger partial charge in [0, 0.05) is 43.6 Å². The lowest BCUT2D eigenvalue weighted by Gasteiger charge is -2.26. The molecule has 6 nitrogen and oxygen atoms in total. The fourth-order valence-electron chi connectivity index (χ4n) is 3.75. The van der Waals surface area contributed by atoms with Crippen molar-refractivity contribution in [2.24, 2.45) is 0 Å². The zero-order valence-electron chi connectivity index (χ0n) is 15.4. The quantitative estimate of drug-likeness (QED) is 0.890. The molecule has 6 heteroatoms. The van der Waals surface area contributed by atoms with E-state index >= 15 is 0 Å². The van der Waals surface area contributed by atoms with Gasteiger partial charge >= 0.3 is 0 Å². The van der Waals surface area contributed by atoms with Crippen molar-refractivity contribution in [2.75, 3.05) is 52.5 Å². The van der Waals surface area contributed by atoms with Crippen LogP contribution >= 0.6 is 0 Å². The highest BCUT2D eigenvalue weighted by Crippen LogP contribution is 2.20. The summed E-state index contributed by atoms with van der Waals surface area (Å²) in [5.74, 6) is 0.0677. The van der Waals surface area contributed by atoms with E-state index < -0.39 is 0 Å². The van der Waals surface area contributed by atoms with Crippen molar-refractivity contribution in [1.29, 1.82) is 0 Å². The Morgan fingerprint density at radius 2 is 2.12 bits per heavy atom. The van der Waals surface area contributed by atoms with Gasteiger partial charge in [-0.2, -0.15) is 0 Å². The summed E-state index contributed by atoms with van der Waals surface area (Å²) in [6.45, 7) is 8.75. The van der Waals surface area contributed by atoms with Gasteiger partial charge in [0.25, 0.3) is 5.91 Å². The number of hydrogen-bond acceptors (Lipinski definition) is 4. The molecule has 2 saturated heterocycles. The molecule has 3 heterocycles. The normalized spacial score (nSPS) is 21.6. The second-order valence-electron chi connectivity index (χ2n) is 7.26. The number of benzene rings is 1. The van der Waals surface area contributed by atoms with Gasteiger partial charge in [0.2, 0.25) is 0 Å². The number of nitrogens with one attached hydrogen (secondary N) is 1. The summed E-state index contributed by atoms with van der Waals surface area (Å²) >= 11 is 0. The number of likely N-dealkylation sites (tertiary alicyclic amines) is 1. The minimum atomic E-state index is 0.0677. The maximum atomic E-state index is 12.8. The van der Waals surface area contributed by atoms with Crippen LogP contribution in [0.5, 0.6) is 0 Å². The molecule has 140 valence electrons. The molecule has 2 aliphatic rings. The summed E-state index contributed by atoms with van der Waals surface area (Å²) in [5.41, 5.74) is 2.87. The number of aryl methyl sites for hydroxylation is 1. The summed E-state index contributed by atoms with van der Waals surface area (Å²) in [6.07, 6.45) is 1.06. The van der Waals surface area contributed by atoms with Gasteiger partial charge in [-0.25, -0.2) is 0 Å². The maximum Gasteiger partial charge on any atom is 0.270 e. The molecule has 2 aliphatic heterocycles. The van der Waals surface area contributed by atoms with E-state index in [1.165, 1.54) is 5.56 Å². The van der Waals surface area contributed by atoms with Gasteiger partial charge in [0.1, 0.15) is 5.69 Å². The summed E-state index contributed by atoms with van der Waals surface area (Å²) in [7, 11) is 0. The summed E-state index contributed by atoms with van der Waals surface area (Å²) < 4.78 is 11.4. The predicted octanol–water partition coefficient (Wildman–Crippen LogP) is 2.04. The molecule has 0 bridgehead atoms. The third-order valence-electron chi connectivity index (χ3n) is 5.31. The molecule has 4 rings (SSSR count). The molecule has 0 saturated carbocycles. The van der Waals surface area contributed by atoms with Crippen LogP contribution in [-0.2, 0) is 9.47 Å². The van der Waals surface area contributed by atoms with E-state index in [0.29, 0.717) is 12.2 Å². The topological polar surface area (TPSA) is 57.8 Å². The molecule has 2 aromatic rings. The zero-order chi connectivity index (χ0) is 17.9. The number of ether oxygens (including phenoxy) is 2. The van der Waals surface area contributed by atoms with E-state index in [1.54, 1.807) is 0 Å². The number of carbonyl (C=O) groups is 1. The molecule has 0 radical (unpaired) electrons. The molecular weight excluding hydrogens is 330 g/mol. The van der Waals surface area contributed by atoms with Crippen LogP contribution in [0.15, 0.2) is 24.3 Å². The SMILES string of the molecule is Cc1ccc2cc(C(=O)N3CCC(OCCN4CCOCC4)C3)[nH]c2c1. The summed E-state index contributed by atoms with van der Waals surface area (Å²) in [6, 6.07) is 8.15. The first-order valence-electron chi connectivity index (χ1n) is 9.49. The lowest BCUT2D eigenvalue weighted by molar-refractivity contribution is 0.00423. The van der Waals surface area contributed by atoms with Crippen molar-refractivity contribution in [3.05, 3.63) is 35.5 Å². The van der Waals surface area contributed by atoms with E-state index in [9.17, 15) is 4.79 Å². The van der Waals surface area contributed by atoms with Crippen molar-refractivity contribution in [1.82, 2.24) is 14.8 Å². The number of H-pyrrole nitrogens is 1. The van der Waals surface area contributed by atoms with Gasteiger partial charge in [-0.1, -0.05) is 12.1 Å². The number of fused-ring (bicyclic) bond motifs is 1. The number of morpholine rings is 1. The number of nitrogens with zero attached hydrogens (tertiary/aromatic N) is 2. The number of carbonyl (C=O) groups excluding carboxylic acids is 1. The second kappa shape index (κ2) is 7.78. The van der Waals surface area contributed by atoms with Crippen LogP contribution in [0.25, 0.3) is 10.9 Å². The molecule has 2 fully saturated rings. The predicted molar refractivity (Wildman–Crippen MR) is 101 cm³/mol. The largest absolute Gasteiger partial charge is 0.379 e. The van der Waals surface area contributed by atoms with Gasteiger partial charge < -0.3 is 19.4 Å². The first-order valence-corrected chi connectivity index (χ1v) is 9.49. The summed E-state index contributed by atoms with van der Waals surface area (Å²) in [5, 5.41) is 1.08. The van der Waals surface area contributed by atoms with Crippen LogP contribution in [0, 0.1) is 6.92 Å². The number of amides is 1. The molecule has 26 heavy (non-hydrogen) atoms. The molecule has 1 N–H and O–H groups in total. The smallest absolute Gasteiger partial charge is 0.270 e. The molecule has 1 amide bonds. The average Bonchev–Trinajstić information content (AvgIpc) is 3.28. The molecule has 0 spiro atoms. The Balaban J connectivity index is 1.29. The molecule has 1 aromatic carbocycles. The number of hydrogen-bond donors (Lipinski definition) is 1. The van der Waals surface area contributed by atoms with Crippen molar-refractivity contribution < 1.29 is 14.3 Å². The van der Waals surface area contributed by atoms with Crippen LogP contribution in [0.3, 0.4) is 0 Å². The Kier molecular flexibility index (Phi) is 5.24. The third kappa shape index (κ3) is 3.92. The van der Waals surface area contributed by atoms with Gasteiger partial charge in [-0.3, -0.25) is 9.69 Å². The summed E-state index contributed by atoms with van der Waals surface area (Å²) in [4.78, 5) is 20.3. The van der Waals surface area contributed by atoms with E-state index in [1.807, 2.05) is 11.0 Å². The minimum Gasteiger partial charge on any atom is -0.379 e. The molecular formula is C20H27N3O3. The fourth-order valence-corrected chi connectivity index (χ4v) is 3.75. The van der Waals surface area contributed by atoms with Crippen molar-refractivity contribution in [2.45, 2.75) is 19.4 Å². The van der Waals surface area contributed by atoms with Crippen LogP contribution in [0.4, 0.5) is 0 Å². The highest BCUT2D eigenvalue weighted by Gasteiger charge is 2.28. The van der Waals surface area contributed by atoms with Gasteiger partial charge in [-0.05, 0) is 31.0 Å². The van der Waals surface area contributed by atoms with Crippen LogP contribution in [-0.4, -0.2) is 79.3 Å². The number of aromatic amines is 1. The second-order valence-corrected chi connectivity index (χ2v) is 7.26. The Hall–Kier alpha value is -1.89. The maximum absolute atomic E-state index is 12.8. The average molecular weight is 357 g/mol. The minimum absolute atomic E-state index is 0.0677. The standard InChI is InChI=1S/C20H27N3O3/c1-15-2-3-16-13-19(21-18(16)12-15)20(24)23-5-4-17(14-23)26-11-8-22-6-9-25-10-7-22/h2-3,12-13,17,21H,4-11,14H2,1H3. The van der Waals surface area contributed by atoms with E-state index in [2.05, 4.69) is 35.0 Å². The number of aromatic nitrogens is 1. The highest BCUT2D eigenvalue weighted by atomic mass is 16.5.